The van der Waals surface area contributed by atoms with Crippen molar-refractivity contribution in [2.45, 2.75) is 38.3 Å². The number of allylic oxidation sites excluding steroid dienone is 2. The zero-order valence-electron chi connectivity index (χ0n) is 15.5. The molecule has 4 rings (SSSR count). The van der Waals surface area contributed by atoms with Gasteiger partial charge >= 0.3 is 0 Å². The van der Waals surface area contributed by atoms with Gasteiger partial charge in [-0.2, -0.15) is 10.9 Å². The minimum atomic E-state index is -0.588. The van der Waals surface area contributed by atoms with Gasteiger partial charge in [0.2, 0.25) is 0 Å². The van der Waals surface area contributed by atoms with Crippen LogP contribution in [0.25, 0.3) is 0 Å². The second-order valence-electron chi connectivity index (χ2n) is 7.66. The molecule has 0 aromatic heterocycles. The maximum Gasteiger partial charge on any atom is 0.185 e. The third-order valence-corrected chi connectivity index (χ3v) is 5.45. The van der Waals surface area contributed by atoms with Gasteiger partial charge in [0.25, 0.3) is 0 Å². The number of nitrogens with zero attached hydrogens (tertiary/aromatic N) is 1. The topological polar surface area (TPSA) is 52.1 Å². The van der Waals surface area contributed by atoms with Crippen molar-refractivity contribution < 1.29 is 10.5 Å². The van der Waals surface area contributed by atoms with Gasteiger partial charge in [-0.1, -0.05) is 74.0 Å². The third kappa shape index (κ3) is 2.86. The van der Waals surface area contributed by atoms with E-state index in [0.717, 1.165) is 11.3 Å². The first-order valence-corrected chi connectivity index (χ1v) is 9.10. The molecule has 0 bridgehead atoms. The zero-order valence-corrected chi connectivity index (χ0v) is 15.5. The van der Waals surface area contributed by atoms with E-state index < -0.39 is 6.10 Å². The zero-order chi connectivity index (χ0) is 18.3. The highest BCUT2D eigenvalue weighted by Gasteiger charge is 2.38. The predicted molar refractivity (Wildman–Crippen MR) is 105 cm³/mol. The molecule has 0 amide bonds. The summed E-state index contributed by atoms with van der Waals surface area (Å²) in [5.74, 6) is 0. The molecule has 2 aromatic rings. The first-order valence-electron chi connectivity index (χ1n) is 9.10. The van der Waals surface area contributed by atoms with Gasteiger partial charge in [-0.15, -0.1) is 5.12 Å². The minimum Gasteiger partial charge on any atom is -0.387 e. The number of quaternary nitrogens is 1. The van der Waals surface area contributed by atoms with Crippen molar-refractivity contribution in [3.8, 4) is 0 Å². The predicted octanol–water partition coefficient (Wildman–Crippen LogP) is 2.71. The summed E-state index contributed by atoms with van der Waals surface area (Å²) in [6.07, 6.45) is 3.64. The van der Waals surface area contributed by atoms with Gasteiger partial charge < -0.3 is 5.11 Å². The number of aliphatic hydroxyl groups excluding tert-OH is 1. The molecule has 0 saturated heterocycles. The van der Waals surface area contributed by atoms with Crippen molar-refractivity contribution in [2.75, 3.05) is 5.12 Å². The second kappa shape index (κ2) is 6.40. The van der Waals surface area contributed by atoms with E-state index >= 15 is 0 Å². The lowest BCUT2D eigenvalue weighted by atomic mass is 9.72. The Morgan fingerprint density at radius 3 is 2.46 bits per heavy atom. The number of hydrazine groups is 1. The number of nitrogens with two attached hydrogens (primary N) is 1. The highest BCUT2D eigenvalue weighted by molar-refractivity contribution is 5.65. The molecule has 4 nitrogen and oxygen atoms in total. The van der Waals surface area contributed by atoms with Crippen molar-refractivity contribution in [3.63, 3.8) is 0 Å². The Bertz CT molecular complexity index is 870. The van der Waals surface area contributed by atoms with Crippen molar-refractivity contribution in [1.82, 2.24) is 5.43 Å². The number of benzene rings is 2. The van der Waals surface area contributed by atoms with Crippen LogP contribution in [-0.4, -0.2) is 17.3 Å². The summed E-state index contributed by atoms with van der Waals surface area (Å²) in [6.45, 7) is 6.45. The van der Waals surface area contributed by atoms with Gasteiger partial charge in [-0.3, -0.25) is 0 Å². The number of hydrogen-bond acceptors (Lipinski definition) is 3. The van der Waals surface area contributed by atoms with Gasteiger partial charge in [-0.25, -0.2) is 0 Å². The Balaban J connectivity index is 1.58. The van der Waals surface area contributed by atoms with E-state index in [2.05, 4.69) is 80.2 Å². The van der Waals surface area contributed by atoms with E-state index in [9.17, 15) is 5.11 Å². The molecule has 2 aliphatic rings. The lowest BCUT2D eigenvalue weighted by molar-refractivity contribution is -0.617. The molecule has 0 fully saturated rings. The molecule has 0 radical (unpaired) electrons. The van der Waals surface area contributed by atoms with Crippen LogP contribution in [0.1, 0.15) is 26.3 Å². The largest absolute Gasteiger partial charge is 0.387 e. The molecule has 1 aliphatic heterocycles. The van der Waals surface area contributed by atoms with Crippen molar-refractivity contribution in [3.05, 3.63) is 83.5 Å². The average Bonchev–Trinajstić information content (AvgIpc) is 2.62. The highest BCUT2D eigenvalue weighted by Crippen LogP contribution is 2.37. The molecule has 1 aliphatic carbocycles. The first kappa shape index (κ1) is 17.0. The van der Waals surface area contributed by atoms with Crippen LogP contribution < -0.4 is 16.0 Å². The summed E-state index contributed by atoms with van der Waals surface area (Å²) >= 11 is 0. The summed E-state index contributed by atoms with van der Waals surface area (Å²) in [6, 6.07) is 18.5. The van der Waals surface area contributed by atoms with Crippen molar-refractivity contribution >= 4 is 11.4 Å². The molecule has 4 N–H and O–H groups in total. The Hall–Kier alpha value is -2.40. The fourth-order valence-electron chi connectivity index (χ4n) is 3.85. The van der Waals surface area contributed by atoms with Crippen LogP contribution in [0.2, 0.25) is 0 Å². The summed E-state index contributed by atoms with van der Waals surface area (Å²) in [5.41, 5.74) is 11.0. The summed E-state index contributed by atoms with van der Waals surface area (Å²) in [4.78, 5) is 0. The molecule has 4 heteroatoms. The van der Waals surface area contributed by atoms with Crippen LogP contribution >= 0.6 is 0 Å². The lowest BCUT2D eigenvalue weighted by Crippen LogP contribution is -2.99. The number of nitrogens with one attached hydrogen (secondary N) is 1. The van der Waals surface area contributed by atoms with Crippen molar-refractivity contribution in [2.24, 2.45) is 0 Å². The normalized spacial score (nSPS) is 22.2. The van der Waals surface area contributed by atoms with Crippen LogP contribution in [-0.2, 0) is 5.41 Å². The molecule has 0 saturated carbocycles. The Labute approximate surface area is 154 Å². The molecule has 2 unspecified atom stereocenters. The van der Waals surface area contributed by atoms with E-state index in [0.29, 0.717) is 0 Å². The van der Waals surface area contributed by atoms with E-state index in [1.54, 1.807) is 0 Å². The van der Waals surface area contributed by atoms with Crippen LogP contribution in [0.5, 0.6) is 0 Å². The quantitative estimate of drug-likeness (QED) is 0.588. The van der Waals surface area contributed by atoms with Crippen LogP contribution in [0.4, 0.5) is 11.4 Å². The van der Waals surface area contributed by atoms with E-state index in [-0.39, 0.29) is 11.5 Å². The van der Waals surface area contributed by atoms with Crippen LogP contribution in [0.3, 0.4) is 0 Å². The molecule has 1 heterocycles. The van der Waals surface area contributed by atoms with Gasteiger partial charge in [0.1, 0.15) is 0 Å². The standard InChI is InChI=1S/C22H25N3O/c1-15-13-17(22(2,3)16-9-5-4-6-10-16)21(26)19(14-15)24-25-20-12-8-7-11-18(20)23-25/h4-14,19,21,23-24,26H,1-3H3/p+1. The fraction of sp³-hybridized carbons (Fsp3) is 0.273. The van der Waals surface area contributed by atoms with Crippen molar-refractivity contribution in [1.29, 1.82) is 0 Å². The van der Waals surface area contributed by atoms with Gasteiger partial charge in [0.05, 0.1) is 12.1 Å². The minimum absolute atomic E-state index is 0.164. The first-order chi connectivity index (χ1) is 12.5. The maximum atomic E-state index is 11.1. The number of fused-ring (bicyclic) bond motifs is 1. The summed E-state index contributed by atoms with van der Waals surface area (Å²) in [5, 5.41) is 13.1. The number of hydrogen-bond donors (Lipinski definition) is 3. The monoisotopic (exact) mass is 348 g/mol. The Morgan fingerprint density at radius 1 is 1.04 bits per heavy atom. The third-order valence-electron chi connectivity index (χ3n) is 5.45. The molecule has 2 atom stereocenters. The molecule has 2 aromatic carbocycles. The Morgan fingerprint density at radius 2 is 1.73 bits per heavy atom. The SMILES string of the molecule is CC1=CC(NN2[NH2+]c3ccccc32)C(O)C(C(C)(C)c2ccccc2)=C1. The highest BCUT2D eigenvalue weighted by atomic mass is 16.3. The molecule has 0 spiro atoms. The molecule has 26 heavy (non-hydrogen) atoms. The average molecular weight is 348 g/mol. The molecular formula is C22H26N3O+. The molecular weight excluding hydrogens is 322 g/mol. The smallest absolute Gasteiger partial charge is 0.185 e. The molecule has 134 valence electrons. The van der Waals surface area contributed by atoms with Crippen LogP contribution in [0, 0.1) is 0 Å². The maximum absolute atomic E-state index is 11.1. The van der Waals surface area contributed by atoms with E-state index in [1.165, 1.54) is 16.8 Å². The summed E-state index contributed by atoms with van der Waals surface area (Å²) in [7, 11) is 0. The van der Waals surface area contributed by atoms with Crippen LogP contribution in [0.15, 0.2) is 77.9 Å². The van der Waals surface area contributed by atoms with Gasteiger partial charge in [0.15, 0.2) is 11.4 Å². The van der Waals surface area contributed by atoms with Gasteiger partial charge in [0, 0.05) is 11.5 Å². The number of anilines is 1. The number of aliphatic hydroxyl groups is 1. The second-order valence-corrected chi connectivity index (χ2v) is 7.66. The number of para-hydroxylation sites is 1. The fourth-order valence-corrected chi connectivity index (χ4v) is 3.85. The van der Waals surface area contributed by atoms with E-state index in [1.807, 2.05) is 23.3 Å². The lowest BCUT2D eigenvalue weighted by Gasteiger charge is -2.40. The summed E-state index contributed by atoms with van der Waals surface area (Å²) < 4.78 is 0. The number of rotatable bonds is 4. The Kier molecular flexibility index (Phi) is 4.19. The van der Waals surface area contributed by atoms with E-state index in [4.69, 9.17) is 0 Å². The van der Waals surface area contributed by atoms with Gasteiger partial charge in [-0.05, 0) is 24.1 Å².